The first-order valence-corrected chi connectivity index (χ1v) is 10.7. The molecule has 0 atom stereocenters. The van der Waals surface area contributed by atoms with Crippen molar-refractivity contribution < 1.29 is 13.6 Å². The molecule has 1 fully saturated rings. The number of hydrogen-bond acceptors (Lipinski definition) is 2. The molecule has 1 aliphatic carbocycles. The Kier molecular flexibility index (Phi) is 8.13. The highest BCUT2D eigenvalue weighted by atomic mass is 32.1. The fourth-order valence-electron chi connectivity index (χ4n) is 3.67. The molecule has 0 radical (unpaired) electrons. The summed E-state index contributed by atoms with van der Waals surface area (Å²) in [6, 6.07) is 12.8. The summed E-state index contributed by atoms with van der Waals surface area (Å²) in [7, 11) is 0. The minimum Gasteiger partial charge on any atom is -0.353 e. The van der Waals surface area contributed by atoms with Crippen LogP contribution in [0.25, 0.3) is 0 Å². The molecule has 2 aromatic rings. The van der Waals surface area contributed by atoms with Gasteiger partial charge in [-0.05, 0) is 60.5 Å². The van der Waals surface area contributed by atoms with Gasteiger partial charge in [0.05, 0.1) is 6.54 Å². The topological polar surface area (TPSA) is 44.4 Å². The molecule has 160 valence electrons. The molecule has 0 aliphatic heterocycles. The average molecular weight is 432 g/mol. The highest BCUT2D eigenvalue weighted by Gasteiger charge is 2.23. The largest absolute Gasteiger partial charge is 0.353 e. The third-order valence-electron chi connectivity index (χ3n) is 5.35. The summed E-state index contributed by atoms with van der Waals surface area (Å²) >= 11 is 5.61. The molecule has 0 heterocycles. The monoisotopic (exact) mass is 431 g/mol. The van der Waals surface area contributed by atoms with E-state index in [2.05, 4.69) is 15.5 Å². The Morgan fingerprint density at radius 2 is 1.47 bits per heavy atom. The van der Waals surface area contributed by atoms with Gasteiger partial charge in [0, 0.05) is 19.1 Å². The summed E-state index contributed by atoms with van der Waals surface area (Å²) in [4.78, 5) is 14.3. The van der Waals surface area contributed by atoms with Crippen molar-refractivity contribution >= 4 is 23.2 Å². The van der Waals surface area contributed by atoms with Gasteiger partial charge in [-0.1, -0.05) is 43.5 Å². The molecule has 4 nitrogen and oxygen atoms in total. The molecule has 1 amide bonds. The molecule has 0 bridgehead atoms. The number of halogens is 2. The second-order valence-electron chi connectivity index (χ2n) is 7.61. The van der Waals surface area contributed by atoms with Crippen LogP contribution in [-0.4, -0.2) is 28.5 Å². The first-order valence-electron chi connectivity index (χ1n) is 10.3. The van der Waals surface area contributed by atoms with E-state index in [9.17, 15) is 13.6 Å². The number of hydrogen-bond donors (Lipinski definition) is 2. The standard InChI is InChI=1S/C23H27F2N3OS/c24-19-10-6-17(7-11-19)14-26-22(29)15-27-23(30)28(21-4-2-1-3-5-21)16-18-8-12-20(25)13-9-18/h6-13,21H,1-5,14-16H2,(H,26,29)(H,27,30). The van der Waals surface area contributed by atoms with E-state index in [-0.39, 0.29) is 24.1 Å². The van der Waals surface area contributed by atoms with Crippen molar-refractivity contribution in [2.45, 2.75) is 51.2 Å². The van der Waals surface area contributed by atoms with Gasteiger partial charge >= 0.3 is 0 Å². The maximum atomic E-state index is 13.2. The predicted molar refractivity (Wildman–Crippen MR) is 118 cm³/mol. The minimum absolute atomic E-state index is 0.0622. The third-order valence-corrected chi connectivity index (χ3v) is 5.72. The molecule has 7 heteroatoms. The summed E-state index contributed by atoms with van der Waals surface area (Å²) in [5.41, 5.74) is 1.80. The van der Waals surface area contributed by atoms with Gasteiger partial charge in [0.2, 0.25) is 5.91 Å². The maximum Gasteiger partial charge on any atom is 0.239 e. The Bertz CT molecular complexity index is 837. The smallest absolute Gasteiger partial charge is 0.239 e. The van der Waals surface area contributed by atoms with Crippen molar-refractivity contribution in [1.29, 1.82) is 0 Å². The number of carbonyl (C=O) groups is 1. The molecule has 3 rings (SSSR count). The molecule has 30 heavy (non-hydrogen) atoms. The van der Waals surface area contributed by atoms with E-state index in [1.54, 1.807) is 24.3 Å². The number of benzene rings is 2. The summed E-state index contributed by atoms with van der Waals surface area (Å²) < 4.78 is 26.2. The zero-order chi connectivity index (χ0) is 21.3. The first-order chi connectivity index (χ1) is 14.5. The number of carbonyl (C=O) groups excluding carboxylic acids is 1. The van der Waals surface area contributed by atoms with E-state index >= 15 is 0 Å². The molecule has 0 aromatic heterocycles. The van der Waals surface area contributed by atoms with E-state index in [0.29, 0.717) is 24.2 Å². The van der Waals surface area contributed by atoms with E-state index in [1.807, 2.05) is 0 Å². The van der Waals surface area contributed by atoms with Crippen molar-refractivity contribution in [3.05, 3.63) is 71.3 Å². The van der Waals surface area contributed by atoms with Gasteiger partial charge < -0.3 is 15.5 Å². The van der Waals surface area contributed by atoms with Gasteiger partial charge in [0.15, 0.2) is 5.11 Å². The summed E-state index contributed by atoms with van der Waals surface area (Å²) in [6.45, 7) is 0.968. The van der Waals surface area contributed by atoms with E-state index < -0.39 is 0 Å². The fraction of sp³-hybridized carbons (Fsp3) is 0.391. The van der Waals surface area contributed by atoms with Gasteiger partial charge in [0.25, 0.3) is 0 Å². The van der Waals surface area contributed by atoms with Gasteiger partial charge in [-0.15, -0.1) is 0 Å². The molecule has 0 saturated heterocycles. The van der Waals surface area contributed by atoms with Crippen LogP contribution in [0.2, 0.25) is 0 Å². The predicted octanol–water partition coefficient (Wildman–Crippen LogP) is 4.29. The lowest BCUT2D eigenvalue weighted by Gasteiger charge is -2.36. The lowest BCUT2D eigenvalue weighted by Crippen LogP contribution is -2.48. The number of nitrogens with one attached hydrogen (secondary N) is 2. The SMILES string of the molecule is O=C(CNC(=S)N(Cc1ccc(F)cc1)C1CCCCC1)NCc1ccc(F)cc1. The van der Waals surface area contributed by atoms with Gasteiger partial charge in [0.1, 0.15) is 11.6 Å². The van der Waals surface area contributed by atoms with Crippen LogP contribution in [0.4, 0.5) is 8.78 Å². The highest BCUT2D eigenvalue weighted by molar-refractivity contribution is 7.80. The zero-order valence-corrected chi connectivity index (χ0v) is 17.7. The van der Waals surface area contributed by atoms with Gasteiger partial charge in [-0.2, -0.15) is 0 Å². The molecule has 1 saturated carbocycles. The second kappa shape index (κ2) is 11.0. The molecular formula is C23H27F2N3OS. The van der Waals surface area contributed by atoms with Crippen molar-refractivity contribution in [2.24, 2.45) is 0 Å². The Balaban J connectivity index is 1.54. The lowest BCUT2D eigenvalue weighted by molar-refractivity contribution is -0.120. The average Bonchev–Trinajstić information content (AvgIpc) is 2.77. The van der Waals surface area contributed by atoms with Gasteiger partial charge in [-0.25, -0.2) is 8.78 Å². The minimum atomic E-state index is -0.305. The van der Waals surface area contributed by atoms with Crippen molar-refractivity contribution in [1.82, 2.24) is 15.5 Å². The number of thiocarbonyl (C=S) groups is 1. The summed E-state index contributed by atoms with van der Waals surface area (Å²) in [5, 5.41) is 6.40. The Morgan fingerprint density at radius 1 is 0.900 bits per heavy atom. The Morgan fingerprint density at radius 3 is 2.07 bits per heavy atom. The van der Waals surface area contributed by atoms with Crippen LogP contribution in [0.1, 0.15) is 43.2 Å². The molecule has 0 spiro atoms. The van der Waals surface area contributed by atoms with Crippen LogP contribution in [-0.2, 0) is 17.9 Å². The van der Waals surface area contributed by atoms with Crippen LogP contribution in [0.5, 0.6) is 0 Å². The van der Waals surface area contributed by atoms with E-state index in [4.69, 9.17) is 12.2 Å². The van der Waals surface area contributed by atoms with Gasteiger partial charge in [-0.3, -0.25) is 4.79 Å². The zero-order valence-electron chi connectivity index (χ0n) is 16.9. The van der Waals surface area contributed by atoms with Crippen LogP contribution < -0.4 is 10.6 Å². The van der Waals surface area contributed by atoms with Crippen molar-refractivity contribution in [3.8, 4) is 0 Å². The molecular weight excluding hydrogens is 404 g/mol. The van der Waals surface area contributed by atoms with E-state index in [1.165, 1.54) is 30.7 Å². The number of amides is 1. The highest BCUT2D eigenvalue weighted by Crippen LogP contribution is 2.24. The number of rotatable bonds is 7. The molecule has 2 aromatic carbocycles. The second-order valence-corrected chi connectivity index (χ2v) is 7.99. The lowest BCUT2D eigenvalue weighted by atomic mass is 9.94. The third kappa shape index (κ3) is 6.76. The molecule has 2 N–H and O–H groups in total. The van der Waals surface area contributed by atoms with Crippen LogP contribution >= 0.6 is 12.2 Å². The summed E-state index contributed by atoms with van der Waals surface area (Å²) in [5.74, 6) is -0.755. The maximum absolute atomic E-state index is 13.2. The van der Waals surface area contributed by atoms with Crippen LogP contribution in [0.15, 0.2) is 48.5 Å². The molecule has 0 unspecified atom stereocenters. The number of nitrogens with zero attached hydrogens (tertiary/aromatic N) is 1. The summed E-state index contributed by atoms with van der Waals surface area (Å²) in [6.07, 6.45) is 5.66. The van der Waals surface area contributed by atoms with E-state index in [0.717, 1.165) is 36.8 Å². The normalized spacial score (nSPS) is 14.2. The first kappa shape index (κ1) is 22.2. The Labute approximate surface area is 181 Å². The molecule has 1 aliphatic rings. The quantitative estimate of drug-likeness (QED) is 0.642. The van der Waals surface area contributed by atoms with Crippen molar-refractivity contribution in [3.63, 3.8) is 0 Å². The fourth-order valence-corrected chi connectivity index (χ4v) is 3.95. The Hall–Kier alpha value is -2.54. The van der Waals surface area contributed by atoms with Crippen LogP contribution in [0, 0.1) is 11.6 Å². The van der Waals surface area contributed by atoms with Crippen molar-refractivity contribution in [2.75, 3.05) is 6.54 Å². The van der Waals surface area contributed by atoms with Crippen LogP contribution in [0.3, 0.4) is 0 Å².